The third kappa shape index (κ3) is 5.20. The molecule has 5 rings (SSSR count). The molecule has 2 N–H and O–H groups in total. The Bertz CT molecular complexity index is 1400. The van der Waals surface area contributed by atoms with Gasteiger partial charge in [0.05, 0.1) is 28.5 Å². The maximum Gasteiger partial charge on any atom is 0.259 e. The van der Waals surface area contributed by atoms with Crippen LogP contribution in [0.4, 0.5) is 10.2 Å². The molecule has 1 amide bonds. The Morgan fingerprint density at radius 3 is 2.47 bits per heavy atom. The van der Waals surface area contributed by atoms with E-state index < -0.39 is 11.7 Å². The average Bonchev–Trinajstić information content (AvgIpc) is 3.45. The fourth-order valence-electron chi connectivity index (χ4n) is 3.37. The molecule has 0 aliphatic heterocycles. The quantitative estimate of drug-likeness (QED) is 0.314. The number of H-pyrrole nitrogens is 1. The van der Waals surface area contributed by atoms with E-state index in [1.54, 1.807) is 41.6 Å². The van der Waals surface area contributed by atoms with E-state index in [2.05, 4.69) is 25.5 Å². The predicted octanol–water partition coefficient (Wildman–Crippen LogP) is 5.78. The molecular formula is C23H20Cl3FN6O. The molecule has 0 saturated carbocycles. The van der Waals surface area contributed by atoms with Crippen LogP contribution in [-0.4, -0.2) is 30.6 Å². The molecule has 3 heterocycles. The van der Waals surface area contributed by atoms with Gasteiger partial charge in [-0.15, -0.1) is 37.2 Å². The van der Waals surface area contributed by atoms with E-state index in [-0.39, 0.29) is 42.8 Å². The summed E-state index contributed by atoms with van der Waals surface area (Å²) in [6.07, 6.45) is 6.81. The third-order valence-electron chi connectivity index (χ3n) is 5.01. The number of hydrogen-bond donors (Lipinski definition) is 2. The van der Waals surface area contributed by atoms with Crippen molar-refractivity contribution in [3.05, 3.63) is 90.4 Å². The van der Waals surface area contributed by atoms with Crippen LogP contribution in [0.5, 0.6) is 0 Å². The summed E-state index contributed by atoms with van der Waals surface area (Å²) in [4.78, 5) is 21.0. The van der Waals surface area contributed by atoms with E-state index in [1.807, 2.05) is 31.2 Å². The number of aromatic nitrogens is 5. The zero-order valence-electron chi connectivity index (χ0n) is 17.7. The molecule has 5 aromatic rings. The number of anilines is 1. The first-order chi connectivity index (χ1) is 15.1. The van der Waals surface area contributed by atoms with Crippen LogP contribution in [0.15, 0.2) is 73.4 Å². The minimum atomic E-state index is -0.630. The average molecular weight is 522 g/mol. The molecule has 3 aromatic heterocycles. The van der Waals surface area contributed by atoms with Crippen molar-refractivity contribution in [2.45, 2.75) is 6.92 Å². The maximum atomic E-state index is 14.8. The first-order valence-electron chi connectivity index (χ1n) is 9.59. The number of carbonyl (C=O) groups is 1. The van der Waals surface area contributed by atoms with Crippen LogP contribution < -0.4 is 5.32 Å². The lowest BCUT2D eigenvalue weighted by atomic mass is 10.1. The second-order valence-corrected chi connectivity index (χ2v) is 7.14. The molecule has 176 valence electrons. The van der Waals surface area contributed by atoms with Crippen molar-refractivity contribution in [2.24, 2.45) is 0 Å². The molecule has 11 heteroatoms. The summed E-state index contributed by atoms with van der Waals surface area (Å²) in [7, 11) is 0. The smallest absolute Gasteiger partial charge is 0.259 e. The number of hydrogen-bond acceptors (Lipinski definition) is 4. The Balaban J connectivity index is 0.00000136. The van der Waals surface area contributed by atoms with Crippen molar-refractivity contribution in [1.29, 1.82) is 0 Å². The van der Waals surface area contributed by atoms with Gasteiger partial charge in [-0.2, -0.15) is 5.10 Å². The van der Waals surface area contributed by atoms with E-state index in [0.29, 0.717) is 11.5 Å². The fraction of sp³-hybridized carbons (Fsp3) is 0.0435. The van der Waals surface area contributed by atoms with Gasteiger partial charge in [-0.05, 0) is 54.4 Å². The highest BCUT2D eigenvalue weighted by Crippen LogP contribution is 2.26. The molecule has 0 aliphatic carbocycles. The molecular weight excluding hydrogens is 502 g/mol. The molecule has 0 bridgehead atoms. The summed E-state index contributed by atoms with van der Waals surface area (Å²) in [5.74, 6) is -0.820. The van der Waals surface area contributed by atoms with Gasteiger partial charge < -0.3 is 5.32 Å². The minimum absolute atomic E-state index is 0. The van der Waals surface area contributed by atoms with Crippen LogP contribution in [0.1, 0.15) is 15.9 Å². The number of rotatable bonds is 4. The van der Waals surface area contributed by atoms with Gasteiger partial charge in [-0.1, -0.05) is 12.1 Å². The summed E-state index contributed by atoms with van der Waals surface area (Å²) in [6, 6.07) is 13.8. The molecule has 7 nitrogen and oxygen atoms in total. The standard InChI is InChI=1S/C23H17FN6O.3ClH/c1-14-2-7-22(25-10-14)29-23(31)18-5-4-17(9-19(18)24)30-13-26-20-6-3-15(8-21(20)30)16-11-27-28-12-16;;;/h2-13H,1H3,(H,27,28)(H,25,29,31);3*1H. The van der Waals surface area contributed by atoms with Crippen LogP contribution >= 0.6 is 37.2 Å². The number of imidazole rings is 1. The monoisotopic (exact) mass is 520 g/mol. The normalized spacial score (nSPS) is 10.1. The zero-order valence-corrected chi connectivity index (χ0v) is 20.2. The van der Waals surface area contributed by atoms with Crippen molar-refractivity contribution in [3.63, 3.8) is 0 Å². The largest absolute Gasteiger partial charge is 0.306 e. The van der Waals surface area contributed by atoms with Gasteiger partial charge in [0.25, 0.3) is 5.91 Å². The molecule has 0 aliphatic rings. The first-order valence-corrected chi connectivity index (χ1v) is 9.59. The Morgan fingerprint density at radius 2 is 1.79 bits per heavy atom. The third-order valence-corrected chi connectivity index (χ3v) is 5.01. The second kappa shape index (κ2) is 11.1. The Kier molecular flexibility index (Phi) is 8.75. The Hall–Kier alpha value is -3.46. The highest BCUT2D eigenvalue weighted by Gasteiger charge is 2.15. The molecule has 0 atom stereocenters. The Morgan fingerprint density at radius 1 is 0.971 bits per heavy atom. The lowest BCUT2D eigenvalue weighted by molar-refractivity contribution is 0.102. The van der Waals surface area contributed by atoms with Gasteiger partial charge in [0, 0.05) is 18.0 Å². The number of benzene rings is 2. The van der Waals surface area contributed by atoms with Crippen LogP contribution in [-0.2, 0) is 0 Å². The molecule has 2 aromatic carbocycles. The van der Waals surface area contributed by atoms with E-state index in [1.165, 1.54) is 12.1 Å². The molecule has 0 spiro atoms. The van der Waals surface area contributed by atoms with E-state index >= 15 is 0 Å². The summed E-state index contributed by atoms with van der Waals surface area (Å²) in [5.41, 5.74) is 4.97. The lowest BCUT2D eigenvalue weighted by Gasteiger charge is -2.09. The van der Waals surface area contributed by atoms with E-state index in [4.69, 9.17) is 0 Å². The number of pyridine rings is 1. The number of fused-ring (bicyclic) bond motifs is 1. The summed E-state index contributed by atoms with van der Waals surface area (Å²) in [5, 5.41) is 9.39. The van der Waals surface area contributed by atoms with Gasteiger partial charge in [0.1, 0.15) is 18.0 Å². The highest BCUT2D eigenvalue weighted by atomic mass is 35.5. The van der Waals surface area contributed by atoms with E-state index in [9.17, 15) is 9.18 Å². The van der Waals surface area contributed by atoms with Gasteiger partial charge in [-0.3, -0.25) is 14.5 Å². The summed E-state index contributed by atoms with van der Waals surface area (Å²) >= 11 is 0. The van der Waals surface area contributed by atoms with Gasteiger partial charge >= 0.3 is 0 Å². The first kappa shape index (κ1) is 26.8. The number of halogens is 4. The van der Waals surface area contributed by atoms with Crippen molar-refractivity contribution >= 4 is 60.0 Å². The van der Waals surface area contributed by atoms with Gasteiger partial charge in [0.2, 0.25) is 0 Å². The minimum Gasteiger partial charge on any atom is -0.306 e. The van der Waals surface area contributed by atoms with Gasteiger partial charge in [-0.25, -0.2) is 14.4 Å². The second-order valence-electron chi connectivity index (χ2n) is 7.14. The summed E-state index contributed by atoms with van der Waals surface area (Å²) < 4.78 is 16.6. The number of amides is 1. The van der Waals surface area contributed by atoms with Crippen molar-refractivity contribution in [2.75, 3.05) is 5.32 Å². The fourth-order valence-corrected chi connectivity index (χ4v) is 3.37. The number of nitrogens with zero attached hydrogens (tertiary/aromatic N) is 4. The maximum absolute atomic E-state index is 14.8. The lowest BCUT2D eigenvalue weighted by Crippen LogP contribution is -2.15. The molecule has 0 fully saturated rings. The SMILES string of the molecule is Cc1ccc(NC(=O)c2ccc(-n3cnc4ccc(-c5cn[nH]c5)cc43)cc2F)nc1.Cl.Cl.Cl. The molecule has 0 saturated heterocycles. The Labute approximate surface area is 213 Å². The number of aromatic amines is 1. The predicted molar refractivity (Wildman–Crippen MR) is 137 cm³/mol. The topological polar surface area (TPSA) is 88.5 Å². The number of aryl methyl sites for hydroxylation is 1. The van der Waals surface area contributed by atoms with Crippen molar-refractivity contribution in [1.82, 2.24) is 24.7 Å². The van der Waals surface area contributed by atoms with Crippen molar-refractivity contribution < 1.29 is 9.18 Å². The number of carbonyl (C=O) groups excluding carboxylic acids is 1. The molecule has 34 heavy (non-hydrogen) atoms. The summed E-state index contributed by atoms with van der Waals surface area (Å²) in [6.45, 7) is 1.90. The highest BCUT2D eigenvalue weighted by molar-refractivity contribution is 6.04. The van der Waals surface area contributed by atoms with Crippen LogP contribution in [0, 0.1) is 12.7 Å². The zero-order chi connectivity index (χ0) is 21.4. The molecule has 0 radical (unpaired) electrons. The van der Waals surface area contributed by atoms with Crippen LogP contribution in [0.3, 0.4) is 0 Å². The van der Waals surface area contributed by atoms with Crippen molar-refractivity contribution in [3.8, 4) is 16.8 Å². The van der Waals surface area contributed by atoms with Crippen LogP contribution in [0.25, 0.3) is 27.8 Å². The molecule has 0 unspecified atom stereocenters. The van der Waals surface area contributed by atoms with E-state index in [0.717, 1.165) is 27.7 Å². The number of nitrogens with one attached hydrogen (secondary N) is 2. The van der Waals surface area contributed by atoms with Gasteiger partial charge in [0.15, 0.2) is 0 Å². The van der Waals surface area contributed by atoms with Crippen LogP contribution in [0.2, 0.25) is 0 Å².